The van der Waals surface area contributed by atoms with Crippen LogP contribution in [0.5, 0.6) is 5.88 Å². The van der Waals surface area contributed by atoms with Gasteiger partial charge in [0.1, 0.15) is 6.61 Å². The van der Waals surface area contributed by atoms with Crippen molar-refractivity contribution in [2.24, 2.45) is 0 Å². The molecule has 2 N–H and O–H groups in total. The van der Waals surface area contributed by atoms with E-state index in [-0.39, 0.29) is 18.7 Å². The number of amides is 2. The van der Waals surface area contributed by atoms with Gasteiger partial charge in [0.2, 0.25) is 5.88 Å². The molecule has 0 aliphatic heterocycles. The van der Waals surface area contributed by atoms with E-state index in [2.05, 4.69) is 20.7 Å². The first-order valence-electron chi connectivity index (χ1n) is 10.7. The fraction of sp³-hybridized carbons (Fsp3) is 0.304. The van der Waals surface area contributed by atoms with Gasteiger partial charge in [-0.1, -0.05) is 18.2 Å². The van der Waals surface area contributed by atoms with Crippen LogP contribution >= 0.6 is 0 Å². The summed E-state index contributed by atoms with van der Waals surface area (Å²) in [5.74, 6) is -1.07. The molecule has 0 saturated carbocycles. The number of carbonyl (C=O) groups excluding carboxylic acids is 2. The Morgan fingerprint density at radius 1 is 1.00 bits per heavy atom. The van der Waals surface area contributed by atoms with Crippen LogP contribution in [0.15, 0.2) is 54.9 Å². The van der Waals surface area contributed by atoms with Crippen LogP contribution in [-0.2, 0) is 10.9 Å². The van der Waals surface area contributed by atoms with E-state index in [4.69, 9.17) is 9.47 Å². The molecule has 35 heavy (non-hydrogen) atoms. The minimum absolute atomic E-state index is 0.00858. The fourth-order valence-electron chi connectivity index (χ4n) is 2.96. The first-order chi connectivity index (χ1) is 16.8. The number of ether oxygens (including phenoxy) is 2. The molecule has 3 rings (SSSR count). The van der Waals surface area contributed by atoms with Crippen LogP contribution in [0.4, 0.5) is 13.2 Å². The first kappa shape index (κ1) is 25.7. The van der Waals surface area contributed by atoms with Gasteiger partial charge in [-0.25, -0.2) is 9.67 Å². The van der Waals surface area contributed by atoms with Gasteiger partial charge < -0.3 is 20.1 Å². The lowest BCUT2D eigenvalue weighted by Crippen LogP contribution is -2.35. The predicted octanol–water partition coefficient (Wildman–Crippen LogP) is 2.86. The van der Waals surface area contributed by atoms with Crippen LogP contribution in [0.25, 0.3) is 5.69 Å². The Bertz CT molecular complexity index is 1120. The third-order valence-electron chi connectivity index (χ3n) is 4.62. The van der Waals surface area contributed by atoms with Crippen molar-refractivity contribution in [3.8, 4) is 11.6 Å². The molecule has 0 spiro atoms. The molecule has 9 nitrogen and oxygen atoms in total. The van der Waals surface area contributed by atoms with Crippen LogP contribution < -0.4 is 15.4 Å². The molecule has 0 fully saturated rings. The average Bonchev–Trinajstić information content (AvgIpc) is 3.32. The summed E-state index contributed by atoms with van der Waals surface area (Å²) in [4.78, 5) is 28.7. The number of pyridine rings is 1. The van der Waals surface area contributed by atoms with Gasteiger partial charge in [-0.15, -0.1) is 0 Å². The standard InChI is InChI=1S/C23H24F3N5O4/c1-2-34-12-13-35-19-9-8-16(14-29-19)21(32)27-10-11-28-22(33)18-15-31(17-6-4-3-5-7-17)30-20(18)23(24,25)26/h3-9,14-15H,2,10-13H2,1H3,(H,27,32)(H,28,33). The summed E-state index contributed by atoms with van der Waals surface area (Å²) in [5, 5.41) is 8.48. The largest absolute Gasteiger partial charge is 0.475 e. The van der Waals surface area contributed by atoms with Crippen molar-refractivity contribution >= 4 is 11.8 Å². The van der Waals surface area contributed by atoms with Gasteiger partial charge in [-0.05, 0) is 25.1 Å². The summed E-state index contributed by atoms with van der Waals surface area (Å²) in [5.41, 5.74) is -1.27. The SMILES string of the molecule is CCOCCOc1ccc(C(=O)NCCNC(=O)c2cn(-c3ccccc3)nc2C(F)(F)F)cn1. The summed E-state index contributed by atoms with van der Waals surface area (Å²) < 4.78 is 51.8. The third-order valence-corrected chi connectivity index (χ3v) is 4.62. The number of hydrogen-bond acceptors (Lipinski definition) is 6. The first-order valence-corrected chi connectivity index (χ1v) is 10.7. The maximum absolute atomic E-state index is 13.4. The van der Waals surface area contributed by atoms with E-state index >= 15 is 0 Å². The normalized spacial score (nSPS) is 11.2. The quantitative estimate of drug-likeness (QED) is 0.400. The van der Waals surface area contributed by atoms with Crippen LogP contribution in [0.2, 0.25) is 0 Å². The molecule has 3 aromatic rings. The van der Waals surface area contributed by atoms with Crippen molar-refractivity contribution in [3.63, 3.8) is 0 Å². The molecule has 2 amide bonds. The minimum atomic E-state index is -4.81. The second kappa shape index (κ2) is 12.0. The van der Waals surface area contributed by atoms with Gasteiger partial charge in [-0.2, -0.15) is 18.3 Å². The number of carbonyl (C=O) groups is 2. The Balaban J connectivity index is 1.52. The second-order valence-electron chi connectivity index (χ2n) is 7.11. The zero-order chi connectivity index (χ0) is 25.3. The van der Waals surface area contributed by atoms with Gasteiger partial charge >= 0.3 is 6.18 Å². The van der Waals surface area contributed by atoms with Crippen molar-refractivity contribution in [1.29, 1.82) is 0 Å². The average molecular weight is 491 g/mol. The van der Waals surface area contributed by atoms with E-state index < -0.39 is 29.2 Å². The van der Waals surface area contributed by atoms with E-state index in [1.54, 1.807) is 30.3 Å². The highest BCUT2D eigenvalue weighted by molar-refractivity contribution is 5.96. The highest BCUT2D eigenvalue weighted by Gasteiger charge is 2.39. The number of alkyl halides is 3. The summed E-state index contributed by atoms with van der Waals surface area (Å²) in [6.45, 7) is 3.10. The number of para-hydroxylation sites is 1. The molecule has 1 aromatic carbocycles. The summed E-state index contributed by atoms with van der Waals surface area (Å²) in [6.07, 6.45) is -2.46. The monoisotopic (exact) mass is 491 g/mol. The Morgan fingerprint density at radius 2 is 1.71 bits per heavy atom. The van der Waals surface area contributed by atoms with Crippen molar-refractivity contribution < 1.29 is 32.2 Å². The summed E-state index contributed by atoms with van der Waals surface area (Å²) >= 11 is 0. The highest BCUT2D eigenvalue weighted by Crippen LogP contribution is 2.31. The number of benzene rings is 1. The van der Waals surface area contributed by atoms with Crippen LogP contribution in [-0.4, -0.2) is 59.5 Å². The lowest BCUT2D eigenvalue weighted by Gasteiger charge is -2.09. The number of aromatic nitrogens is 3. The smallest absolute Gasteiger partial charge is 0.435 e. The maximum atomic E-state index is 13.4. The molecule has 0 atom stereocenters. The van der Waals surface area contributed by atoms with Crippen molar-refractivity contribution in [1.82, 2.24) is 25.4 Å². The lowest BCUT2D eigenvalue weighted by atomic mass is 10.2. The lowest BCUT2D eigenvalue weighted by molar-refractivity contribution is -0.141. The highest BCUT2D eigenvalue weighted by atomic mass is 19.4. The number of halogens is 3. The molecule has 2 heterocycles. The fourth-order valence-corrected chi connectivity index (χ4v) is 2.96. The topological polar surface area (TPSA) is 107 Å². The van der Waals surface area contributed by atoms with E-state index in [1.807, 2.05) is 6.92 Å². The molecule has 0 saturated heterocycles. The number of nitrogens with zero attached hydrogens (tertiary/aromatic N) is 3. The summed E-state index contributed by atoms with van der Waals surface area (Å²) in [7, 11) is 0. The Hall–Kier alpha value is -3.93. The van der Waals surface area contributed by atoms with Gasteiger partial charge in [0.25, 0.3) is 11.8 Å². The number of nitrogens with one attached hydrogen (secondary N) is 2. The van der Waals surface area contributed by atoms with Gasteiger partial charge in [-0.3, -0.25) is 9.59 Å². The number of rotatable bonds is 11. The van der Waals surface area contributed by atoms with E-state index in [1.165, 1.54) is 18.3 Å². The van der Waals surface area contributed by atoms with Gasteiger partial charge in [0.15, 0.2) is 5.69 Å². The summed E-state index contributed by atoms with van der Waals surface area (Å²) in [6, 6.07) is 11.2. The van der Waals surface area contributed by atoms with Crippen LogP contribution in [0, 0.1) is 0 Å². The Morgan fingerprint density at radius 3 is 2.34 bits per heavy atom. The number of hydrogen-bond donors (Lipinski definition) is 2. The Labute approximate surface area is 199 Å². The molecule has 2 aromatic heterocycles. The van der Waals surface area contributed by atoms with Crippen molar-refractivity contribution in [2.45, 2.75) is 13.1 Å². The molecule has 186 valence electrons. The van der Waals surface area contributed by atoms with E-state index in [0.29, 0.717) is 31.4 Å². The molecule has 0 aliphatic carbocycles. The molecule has 0 bridgehead atoms. The molecule has 12 heteroatoms. The minimum Gasteiger partial charge on any atom is -0.475 e. The van der Waals surface area contributed by atoms with E-state index in [0.717, 1.165) is 10.9 Å². The van der Waals surface area contributed by atoms with Gasteiger partial charge in [0.05, 0.1) is 23.4 Å². The molecular weight excluding hydrogens is 467 g/mol. The van der Waals surface area contributed by atoms with Crippen LogP contribution in [0.1, 0.15) is 33.3 Å². The Kier molecular flexibility index (Phi) is 8.79. The second-order valence-corrected chi connectivity index (χ2v) is 7.11. The predicted molar refractivity (Wildman–Crippen MR) is 119 cm³/mol. The van der Waals surface area contributed by atoms with Crippen molar-refractivity contribution in [3.05, 3.63) is 71.7 Å². The maximum Gasteiger partial charge on any atom is 0.435 e. The third kappa shape index (κ3) is 7.27. The molecule has 0 radical (unpaired) electrons. The van der Waals surface area contributed by atoms with Crippen LogP contribution in [0.3, 0.4) is 0 Å². The van der Waals surface area contributed by atoms with Crippen molar-refractivity contribution in [2.75, 3.05) is 32.9 Å². The zero-order valence-electron chi connectivity index (χ0n) is 18.8. The van der Waals surface area contributed by atoms with E-state index in [9.17, 15) is 22.8 Å². The molecule has 0 unspecified atom stereocenters. The van der Waals surface area contributed by atoms with Gasteiger partial charge in [0, 0.05) is 38.2 Å². The molecule has 0 aliphatic rings. The zero-order valence-corrected chi connectivity index (χ0v) is 18.8. The molecular formula is C23H24F3N5O4.